The lowest BCUT2D eigenvalue weighted by molar-refractivity contribution is 0.178. The summed E-state index contributed by atoms with van der Waals surface area (Å²) < 4.78 is 44.7. The van der Waals surface area contributed by atoms with E-state index in [0.717, 1.165) is 0 Å². The van der Waals surface area contributed by atoms with Crippen LogP contribution in [0.5, 0.6) is 0 Å². The molecule has 1 aromatic heterocycles. The minimum Gasteiger partial charge on any atom is -0.451 e. The number of hydrogen-bond acceptors (Lipinski definition) is 2. The van der Waals surface area contributed by atoms with Gasteiger partial charge in [0.1, 0.15) is 29.3 Å². The zero-order valence-corrected chi connectivity index (χ0v) is 9.84. The molecule has 1 aromatic carbocycles. The summed E-state index contributed by atoms with van der Waals surface area (Å²) in [6.07, 6.45) is -1.62. The van der Waals surface area contributed by atoms with Crippen LogP contribution in [0, 0.1) is 17.5 Å². The van der Waals surface area contributed by atoms with E-state index in [0.29, 0.717) is 16.8 Å². The molecule has 0 saturated heterocycles. The molecular weight excluding hydrogens is 301 g/mol. The first-order valence-corrected chi connectivity index (χ1v) is 5.36. The number of benzene rings is 1. The molecule has 90 valence electrons. The fourth-order valence-electron chi connectivity index (χ4n) is 1.43. The SMILES string of the molecule is OC(c1ccc(Br)o1)c1c(F)cc(F)cc1F. The summed E-state index contributed by atoms with van der Waals surface area (Å²) in [6, 6.07) is 3.83. The predicted octanol–water partition coefficient (Wildman–Crippen LogP) is 3.54. The van der Waals surface area contributed by atoms with E-state index in [9.17, 15) is 18.3 Å². The number of hydrogen-bond donors (Lipinski definition) is 1. The lowest BCUT2D eigenvalue weighted by Crippen LogP contribution is -2.05. The number of furan rings is 1. The fraction of sp³-hybridized carbons (Fsp3) is 0.0909. The van der Waals surface area contributed by atoms with Crippen molar-refractivity contribution < 1.29 is 22.7 Å². The number of aliphatic hydroxyl groups is 1. The maximum atomic E-state index is 13.4. The molecule has 0 amide bonds. The Morgan fingerprint density at radius 3 is 2.18 bits per heavy atom. The van der Waals surface area contributed by atoms with Crippen molar-refractivity contribution in [3.63, 3.8) is 0 Å². The van der Waals surface area contributed by atoms with Crippen molar-refractivity contribution in [3.8, 4) is 0 Å². The minimum atomic E-state index is -1.62. The van der Waals surface area contributed by atoms with E-state index in [4.69, 9.17) is 4.42 Å². The molecule has 0 aliphatic carbocycles. The van der Waals surface area contributed by atoms with Crippen molar-refractivity contribution in [2.75, 3.05) is 0 Å². The van der Waals surface area contributed by atoms with Gasteiger partial charge >= 0.3 is 0 Å². The highest BCUT2D eigenvalue weighted by Gasteiger charge is 2.23. The smallest absolute Gasteiger partial charge is 0.169 e. The monoisotopic (exact) mass is 306 g/mol. The van der Waals surface area contributed by atoms with Crippen LogP contribution in [0.3, 0.4) is 0 Å². The van der Waals surface area contributed by atoms with E-state index in [-0.39, 0.29) is 5.76 Å². The van der Waals surface area contributed by atoms with E-state index in [2.05, 4.69) is 15.9 Å². The van der Waals surface area contributed by atoms with Crippen LogP contribution in [0.25, 0.3) is 0 Å². The number of aliphatic hydroxyl groups excluding tert-OH is 1. The second kappa shape index (κ2) is 4.54. The molecule has 0 aliphatic heterocycles. The van der Waals surface area contributed by atoms with E-state index in [1.54, 1.807) is 0 Å². The molecule has 0 aliphatic rings. The third kappa shape index (κ3) is 2.37. The van der Waals surface area contributed by atoms with Gasteiger partial charge in [0, 0.05) is 12.1 Å². The average Bonchev–Trinajstić information content (AvgIpc) is 2.63. The third-order valence-corrected chi connectivity index (χ3v) is 2.61. The number of halogens is 4. The molecule has 0 bridgehead atoms. The summed E-state index contributed by atoms with van der Waals surface area (Å²) in [4.78, 5) is 0. The Morgan fingerprint density at radius 1 is 1.12 bits per heavy atom. The summed E-state index contributed by atoms with van der Waals surface area (Å²) in [6.45, 7) is 0. The quantitative estimate of drug-likeness (QED) is 0.920. The van der Waals surface area contributed by atoms with Crippen molar-refractivity contribution in [3.05, 3.63) is 57.7 Å². The van der Waals surface area contributed by atoms with E-state index < -0.39 is 29.1 Å². The molecule has 2 nitrogen and oxygen atoms in total. The third-order valence-electron chi connectivity index (χ3n) is 2.18. The van der Waals surface area contributed by atoms with Gasteiger partial charge in [-0.3, -0.25) is 0 Å². The molecule has 0 spiro atoms. The molecule has 0 fully saturated rings. The number of rotatable bonds is 2. The Hall–Kier alpha value is -1.27. The highest BCUT2D eigenvalue weighted by Crippen LogP contribution is 2.29. The van der Waals surface area contributed by atoms with Crippen molar-refractivity contribution >= 4 is 15.9 Å². The van der Waals surface area contributed by atoms with Crippen LogP contribution in [0.15, 0.2) is 33.4 Å². The first kappa shape index (κ1) is 12.2. The highest BCUT2D eigenvalue weighted by molar-refractivity contribution is 9.10. The van der Waals surface area contributed by atoms with Gasteiger partial charge in [0.05, 0.1) is 5.56 Å². The molecule has 17 heavy (non-hydrogen) atoms. The maximum Gasteiger partial charge on any atom is 0.169 e. The Balaban J connectivity index is 2.47. The highest BCUT2D eigenvalue weighted by atomic mass is 79.9. The summed E-state index contributed by atoms with van der Waals surface area (Å²) >= 11 is 3.00. The molecule has 1 atom stereocenters. The molecule has 2 rings (SSSR count). The first-order valence-electron chi connectivity index (χ1n) is 4.57. The summed E-state index contributed by atoms with van der Waals surface area (Å²) in [5.41, 5.74) is -0.645. The van der Waals surface area contributed by atoms with Gasteiger partial charge in [0.15, 0.2) is 4.67 Å². The van der Waals surface area contributed by atoms with Crippen LogP contribution in [0.4, 0.5) is 13.2 Å². The molecule has 6 heteroatoms. The van der Waals surface area contributed by atoms with Gasteiger partial charge in [-0.05, 0) is 28.1 Å². The maximum absolute atomic E-state index is 13.4. The molecule has 0 saturated carbocycles. The summed E-state index contributed by atoms with van der Waals surface area (Å²) in [7, 11) is 0. The van der Waals surface area contributed by atoms with Crippen molar-refractivity contribution in [2.45, 2.75) is 6.10 Å². The Kier molecular flexibility index (Phi) is 3.26. The van der Waals surface area contributed by atoms with Crippen LogP contribution in [-0.2, 0) is 0 Å². The normalized spacial score (nSPS) is 12.8. The van der Waals surface area contributed by atoms with Crippen molar-refractivity contribution in [1.82, 2.24) is 0 Å². The first-order chi connectivity index (χ1) is 7.99. The van der Waals surface area contributed by atoms with Gasteiger partial charge in [-0.2, -0.15) is 0 Å². The van der Waals surface area contributed by atoms with Crippen molar-refractivity contribution in [2.24, 2.45) is 0 Å². The fourth-order valence-corrected chi connectivity index (χ4v) is 1.75. The Bertz CT molecular complexity index is 530. The van der Waals surface area contributed by atoms with Crippen molar-refractivity contribution in [1.29, 1.82) is 0 Å². The molecular formula is C11H6BrF3O2. The van der Waals surface area contributed by atoms with Gasteiger partial charge in [-0.1, -0.05) is 0 Å². The second-order valence-electron chi connectivity index (χ2n) is 3.33. The van der Waals surface area contributed by atoms with Gasteiger partial charge in [0.2, 0.25) is 0 Å². The van der Waals surface area contributed by atoms with Crippen LogP contribution in [0.2, 0.25) is 0 Å². The standard InChI is InChI=1S/C11H6BrF3O2/c12-9-2-1-8(17-9)11(16)10-6(14)3-5(13)4-7(10)15/h1-4,11,16H. The van der Waals surface area contributed by atoms with Gasteiger partial charge in [-0.25, -0.2) is 13.2 Å². The average molecular weight is 307 g/mol. The van der Waals surface area contributed by atoms with Gasteiger partial charge in [-0.15, -0.1) is 0 Å². The predicted molar refractivity (Wildman–Crippen MR) is 56.8 cm³/mol. The lowest BCUT2D eigenvalue weighted by atomic mass is 10.1. The molecule has 1 heterocycles. The molecule has 0 radical (unpaired) electrons. The minimum absolute atomic E-state index is 0.0405. The molecule has 2 aromatic rings. The topological polar surface area (TPSA) is 33.4 Å². The van der Waals surface area contributed by atoms with E-state index in [1.165, 1.54) is 12.1 Å². The zero-order valence-electron chi connectivity index (χ0n) is 8.25. The van der Waals surface area contributed by atoms with E-state index in [1.807, 2.05) is 0 Å². The van der Waals surface area contributed by atoms with Crippen LogP contribution >= 0.6 is 15.9 Å². The van der Waals surface area contributed by atoms with Crippen LogP contribution in [-0.4, -0.2) is 5.11 Å². The molecule has 1 unspecified atom stereocenters. The van der Waals surface area contributed by atoms with Gasteiger partial charge in [0.25, 0.3) is 0 Å². The largest absolute Gasteiger partial charge is 0.451 e. The summed E-state index contributed by atoms with van der Waals surface area (Å²) in [5, 5.41) is 9.74. The van der Waals surface area contributed by atoms with Crippen LogP contribution in [0.1, 0.15) is 17.4 Å². The Morgan fingerprint density at radius 2 is 1.71 bits per heavy atom. The zero-order chi connectivity index (χ0) is 12.6. The summed E-state index contributed by atoms with van der Waals surface area (Å²) in [5.74, 6) is -3.41. The second-order valence-corrected chi connectivity index (χ2v) is 4.11. The molecule has 1 N–H and O–H groups in total. The van der Waals surface area contributed by atoms with E-state index >= 15 is 0 Å². The van der Waals surface area contributed by atoms with Gasteiger partial charge < -0.3 is 9.52 Å². The van der Waals surface area contributed by atoms with Crippen LogP contribution < -0.4 is 0 Å². The lowest BCUT2D eigenvalue weighted by Gasteiger charge is -2.10. The Labute approximate surface area is 103 Å².